The Bertz CT molecular complexity index is 844. The van der Waals surface area contributed by atoms with Crippen LogP contribution in [-0.2, 0) is 0 Å². The van der Waals surface area contributed by atoms with Gasteiger partial charge in [-0.2, -0.15) is 0 Å². The molecule has 0 aliphatic carbocycles. The van der Waals surface area contributed by atoms with Crippen molar-refractivity contribution >= 4 is 54.6 Å². The number of fused-ring (bicyclic) bond motifs is 1. The van der Waals surface area contributed by atoms with E-state index in [1.54, 1.807) is 12.4 Å². The van der Waals surface area contributed by atoms with Gasteiger partial charge in [0, 0.05) is 27.9 Å². The number of thiophene rings is 1. The number of aryl methyl sites for hydroxylation is 1. The van der Waals surface area contributed by atoms with Crippen molar-refractivity contribution in [3.8, 4) is 0 Å². The van der Waals surface area contributed by atoms with Crippen LogP contribution >= 0.6 is 27.3 Å². The first-order chi connectivity index (χ1) is 10.1. The molecule has 106 valence electrons. The molecule has 1 amide bonds. The highest BCUT2D eigenvalue weighted by Gasteiger charge is 2.17. The lowest BCUT2D eigenvalue weighted by Crippen LogP contribution is -2.12. The maximum atomic E-state index is 12.5. The number of nitrogen functional groups attached to an aromatic ring is 1. The zero-order chi connectivity index (χ0) is 15.0. The van der Waals surface area contributed by atoms with Crippen molar-refractivity contribution in [2.24, 2.45) is 0 Å². The lowest BCUT2D eigenvalue weighted by atomic mass is 10.2. The topological polar surface area (TPSA) is 68.0 Å². The molecule has 6 heteroatoms. The van der Waals surface area contributed by atoms with Gasteiger partial charge in [-0.15, -0.1) is 11.3 Å². The van der Waals surface area contributed by atoms with E-state index in [4.69, 9.17) is 5.73 Å². The molecule has 0 saturated carbocycles. The van der Waals surface area contributed by atoms with E-state index in [9.17, 15) is 4.79 Å². The summed E-state index contributed by atoms with van der Waals surface area (Å²) in [6.07, 6.45) is 3.39. The average molecular weight is 362 g/mol. The van der Waals surface area contributed by atoms with Crippen LogP contribution in [0.5, 0.6) is 0 Å². The Hall–Kier alpha value is -1.92. The summed E-state index contributed by atoms with van der Waals surface area (Å²) in [6, 6.07) is 7.57. The average Bonchev–Trinajstić information content (AvgIpc) is 2.81. The Morgan fingerprint density at radius 1 is 1.38 bits per heavy atom. The molecule has 0 saturated heterocycles. The highest BCUT2D eigenvalue weighted by atomic mass is 79.9. The number of carbonyl (C=O) groups is 1. The number of nitrogens with one attached hydrogen (secondary N) is 1. The third kappa shape index (κ3) is 2.64. The molecule has 3 rings (SSSR count). The largest absolute Gasteiger partial charge is 0.397 e. The molecule has 0 aliphatic rings. The zero-order valence-corrected chi connectivity index (χ0v) is 13.6. The summed E-state index contributed by atoms with van der Waals surface area (Å²) in [6.45, 7) is 1.94. The Morgan fingerprint density at radius 2 is 2.19 bits per heavy atom. The van der Waals surface area contributed by atoms with Gasteiger partial charge >= 0.3 is 0 Å². The smallest absolute Gasteiger partial charge is 0.267 e. The molecule has 0 fully saturated rings. The van der Waals surface area contributed by atoms with Crippen LogP contribution in [0, 0.1) is 6.92 Å². The third-order valence-electron chi connectivity index (χ3n) is 3.19. The minimum atomic E-state index is -0.199. The molecule has 21 heavy (non-hydrogen) atoms. The van der Waals surface area contributed by atoms with Crippen molar-refractivity contribution in [2.75, 3.05) is 11.1 Å². The quantitative estimate of drug-likeness (QED) is 0.718. The van der Waals surface area contributed by atoms with Crippen LogP contribution in [0.1, 0.15) is 15.2 Å². The number of rotatable bonds is 2. The van der Waals surface area contributed by atoms with Crippen LogP contribution in [0.4, 0.5) is 11.4 Å². The molecule has 0 bridgehead atoms. The Kier molecular flexibility index (Phi) is 3.65. The van der Waals surface area contributed by atoms with Gasteiger partial charge in [0.1, 0.15) is 4.88 Å². The van der Waals surface area contributed by atoms with E-state index in [-0.39, 0.29) is 5.91 Å². The number of aromatic nitrogens is 1. The molecular formula is C15H12BrN3OS. The number of halogens is 1. The van der Waals surface area contributed by atoms with Gasteiger partial charge in [-0.05, 0) is 30.7 Å². The van der Waals surface area contributed by atoms with Crippen LogP contribution in [0.25, 0.3) is 10.1 Å². The van der Waals surface area contributed by atoms with Gasteiger partial charge in [0.25, 0.3) is 5.91 Å². The second-order valence-electron chi connectivity index (χ2n) is 4.63. The van der Waals surface area contributed by atoms with Gasteiger partial charge in [-0.25, -0.2) is 0 Å². The Balaban J connectivity index is 1.97. The van der Waals surface area contributed by atoms with Gasteiger partial charge in [0.2, 0.25) is 0 Å². The molecule has 2 heterocycles. The summed E-state index contributed by atoms with van der Waals surface area (Å²) < 4.78 is 1.82. The first kappa shape index (κ1) is 14.0. The highest BCUT2D eigenvalue weighted by Crippen LogP contribution is 2.33. The highest BCUT2D eigenvalue weighted by molar-refractivity contribution is 9.10. The van der Waals surface area contributed by atoms with E-state index >= 15 is 0 Å². The second kappa shape index (κ2) is 5.46. The lowest BCUT2D eigenvalue weighted by molar-refractivity contribution is 0.103. The fourth-order valence-electron chi connectivity index (χ4n) is 2.05. The number of nitrogens with zero attached hydrogens (tertiary/aromatic N) is 1. The molecule has 0 aliphatic heterocycles. The molecule has 3 aromatic rings. The monoisotopic (exact) mass is 361 g/mol. The third-order valence-corrected chi connectivity index (χ3v) is 4.83. The van der Waals surface area contributed by atoms with Crippen LogP contribution in [-0.4, -0.2) is 10.9 Å². The zero-order valence-electron chi connectivity index (χ0n) is 11.2. The van der Waals surface area contributed by atoms with Crippen molar-refractivity contribution in [1.82, 2.24) is 4.98 Å². The first-order valence-corrected chi connectivity index (χ1v) is 7.86. The predicted molar refractivity (Wildman–Crippen MR) is 90.9 cm³/mol. The standard InChI is InChI=1S/C15H12BrN3OS/c1-8-2-3-9(16)6-11(8)19-15(20)14-13(17)10-4-5-18-7-12(10)21-14/h2-7H,17H2,1H3,(H,19,20). The van der Waals surface area contributed by atoms with Crippen molar-refractivity contribution in [2.45, 2.75) is 6.92 Å². The van der Waals surface area contributed by atoms with Crippen molar-refractivity contribution < 1.29 is 4.79 Å². The summed E-state index contributed by atoms with van der Waals surface area (Å²) in [5.74, 6) is -0.199. The maximum Gasteiger partial charge on any atom is 0.267 e. The number of anilines is 2. The molecule has 2 aromatic heterocycles. The molecule has 0 radical (unpaired) electrons. The summed E-state index contributed by atoms with van der Waals surface area (Å²) in [7, 11) is 0. The lowest BCUT2D eigenvalue weighted by Gasteiger charge is -2.08. The fourth-order valence-corrected chi connectivity index (χ4v) is 3.39. The van der Waals surface area contributed by atoms with Crippen molar-refractivity contribution in [1.29, 1.82) is 0 Å². The second-order valence-corrected chi connectivity index (χ2v) is 6.60. The Morgan fingerprint density at radius 3 is 2.95 bits per heavy atom. The molecule has 3 N–H and O–H groups in total. The molecule has 1 aromatic carbocycles. The molecule has 0 atom stereocenters. The maximum absolute atomic E-state index is 12.5. The first-order valence-electron chi connectivity index (χ1n) is 6.26. The number of amides is 1. The molecule has 0 spiro atoms. The van der Waals surface area contributed by atoms with E-state index < -0.39 is 0 Å². The van der Waals surface area contributed by atoms with E-state index in [1.807, 2.05) is 31.2 Å². The summed E-state index contributed by atoms with van der Waals surface area (Å²) in [5.41, 5.74) is 8.34. The number of nitrogens with two attached hydrogens (primary N) is 1. The van der Waals surface area contributed by atoms with E-state index in [0.29, 0.717) is 10.6 Å². The fraction of sp³-hybridized carbons (Fsp3) is 0.0667. The molecule has 0 unspecified atom stereocenters. The summed E-state index contributed by atoms with van der Waals surface area (Å²) >= 11 is 4.75. The molecule has 4 nitrogen and oxygen atoms in total. The van der Waals surface area contributed by atoms with Crippen LogP contribution < -0.4 is 11.1 Å². The van der Waals surface area contributed by atoms with Crippen LogP contribution in [0.15, 0.2) is 41.1 Å². The number of hydrogen-bond acceptors (Lipinski definition) is 4. The number of benzene rings is 1. The SMILES string of the molecule is Cc1ccc(Br)cc1NC(=O)c1sc2cnccc2c1N. The van der Waals surface area contributed by atoms with E-state index in [0.717, 1.165) is 25.8 Å². The van der Waals surface area contributed by atoms with Gasteiger partial charge < -0.3 is 11.1 Å². The van der Waals surface area contributed by atoms with Gasteiger partial charge in [0.05, 0.1) is 10.4 Å². The predicted octanol–water partition coefficient (Wildman–Crippen LogP) is 4.20. The number of hydrogen-bond donors (Lipinski definition) is 2. The van der Waals surface area contributed by atoms with Gasteiger partial charge in [-0.1, -0.05) is 22.0 Å². The number of carbonyl (C=O) groups excluding carboxylic acids is 1. The normalized spacial score (nSPS) is 10.8. The van der Waals surface area contributed by atoms with Crippen molar-refractivity contribution in [3.05, 3.63) is 51.6 Å². The van der Waals surface area contributed by atoms with Gasteiger partial charge in [-0.3, -0.25) is 9.78 Å². The van der Waals surface area contributed by atoms with Crippen LogP contribution in [0.3, 0.4) is 0 Å². The summed E-state index contributed by atoms with van der Waals surface area (Å²) in [4.78, 5) is 17.0. The number of pyridine rings is 1. The van der Waals surface area contributed by atoms with E-state index in [1.165, 1.54) is 11.3 Å². The molecular weight excluding hydrogens is 350 g/mol. The van der Waals surface area contributed by atoms with Gasteiger partial charge in [0.15, 0.2) is 0 Å². The van der Waals surface area contributed by atoms with E-state index in [2.05, 4.69) is 26.2 Å². The van der Waals surface area contributed by atoms with Crippen molar-refractivity contribution in [3.63, 3.8) is 0 Å². The van der Waals surface area contributed by atoms with Crippen LogP contribution in [0.2, 0.25) is 0 Å². The summed E-state index contributed by atoms with van der Waals surface area (Å²) in [5, 5.41) is 3.78. The Labute approximate surface area is 134 Å². The minimum absolute atomic E-state index is 0.199. The minimum Gasteiger partial charge on any atom is -0.397 e.